The number of fused-ring (bicyclic) bond motifs is 1. The smallest absolute Gasteiger partial charge is 0.224 e. The summed E-state index contributed by atoms with van der Waals surface area (Å²) in [6.45, 7) is 2.13. The van der Waals surface area contributed by atoms with Crippen LogP contribution >= 0.6 is 23.2 Å². The molecule has 1 aromatic carbocycles. The number of para-hydroxylation sites is 1. The number of nitrogens with zero attached hydrogens (tertiary/aromatic N) is 2. The van der Waals surface area contributed by atoms with E-state index >= 15 is 0 Å². The summed E-state index contributed by atoms with van der Waals surface area (Å²) in [5, 5.41) is 1.38. The zero-order valence-corrected chi connectivity index (χ0v) is 12.3. The summed E-state index contributed by atoms with van der Waals surface area (Å²) in [6.07, 6.45) is 1.02. The summed E-state index contributed by atoms with van der Waals surface area (Å²) in [4.78, 5) is 8.71. The molecular formula is C14H14Cl2N2O2. The molecule has 1 aliphatic rings. The molecule has 0 radical (unpaired) electrons. The van der Waals surface area contributed by atoms with E-state index in [0.29, 0.717) is 34.8 Å². The second kappa shape index (κ2) is 6.12. The summed E-state index contributed by atoms with van der Waals surface area (Å²) >= 11 is 12.0. The summed E-state index contributed by atoms with van der Waals surface area (Å²) in [5.41, 5.74) is 0.678. The fourth-order valence-corrected chi connectivity index (χ4v) is 2.55. The molecule has 1 aromatic heterocycles. The van der Waals surface area contributed by atoms with Crippen LogP contribution in [0.25, 0.3) is 10.9 Å². The number of halogens is 2. The van der Waals surface area contributed by atoms with Crippen molar-refractivity contribution in [2.24, 2.45) is 5.92 Å². The Balaban J connectivity index is 1.93. The Kier molecular flexibility index (Phi) is 4.24. The van der Waals surface area contributed by atoms with Crippen molar-refractivity contribution in [3.8, 4) is 5.88 Å². The van der Waals surface area contributed by atoms with Gasteiger partial charge in [0.05, 0.1) is 35.0 Å². The lowest BCUT2D eigenvalue weighted by Gasteiger charge is -2.12. The van der Waals surface area contributed by atoms with Crippen LogP contribution in [0.2, 0.25) is 5.02 Å². The first-order valence-corrected chi connectivity index (χ1v) is 7.41. The van der Waals surface area contributed by atoms with Crippen molar-refractivity contribution >= 4 is 34.1 Å². The maximum atomic E-state index is 6.18. The lowest BCUT2D eigenvalue weighted by molar-refractivity contribution is 0.166. The molecule has 0 spiro atoms. The van der Waals surface area contributed by atoms with Crippen LogP contribution in [0, 0.1) is 5.92 Å². The normalized spacial score (nSPS) is 18.6. The summed E-state index contributed by atoms with van der Waals surface area (Å²) < 4.78 is 11.2. The standard InChI is InChI=1S/C14H14Cl2N2O2/c15-6-12-17-13-10(2-1-3-11(13)16)14(18-12)20-8-9-4-5-19-7-9/h1-3,9H,4-8H2. The molecule has 1 atom stereocenters. The van der Waals surface area contributed by atoms with Gasteiger partial charge in [-0.1, -0.05) is 17.7 Å². The van der Waals surface area contributed by atoms with E-state index in [1.165, 1.54) is 0 Å². The number of benzene rings is 1. The van der Waals surface area contributed by atoms with Crippen LogP contribution in [0.5, 0.6) is 5.88 Å². The van der Waals surface area contributed by atoms with Gasteiger partial charge in [0.15, 0.2) is 0 Å². The molecule has 0 saturated carbocycles. The van der Waals surface area contributed by atoms with E-state index in [2.05, 4.69) is 9.97 Å². The van der Waals surface area contributed by atoms with Gasteiger partial charge in [-0.05, 0) is 18.6 Å². The van der Waals surface area contributed by atoms with Gasteiger partial charge in [0, 0.05) is 12.5 Å². The highest BCUT2D eigenvalue weighted by atomic mass is 35.5. The Morgan fingerprint density at radius 1 is 1.35 bits per heavy atom. The number of alkyl halides is 1. The number of hydrogen-bond donors (Lipinski definition) is 0. The largest absolute Gasteiger partial charge is 0.477 e. The van der Waals surface area contributed by atoms with E-state index in [0.717, 1.165) is 25.0 Å². The van der Waals surface area contributed by atoms with Crippen LogP contribution < -0.4 is 4.74 Å². The van der Waals surface area contributed by atoms with Crippen molar-refractivity contribution in [2.45, 2.75) is 12.3 Å². The minimum atomic E-state index is 0.226. The molecule has 106 valence electrons. The van der Waals surface area contributed by atoms with Crippen LogP contribution in [0.1, 0.15) is 12.2 Å². The van der Waals surface area contributed by atoms with E-state index in [1.807, 2.05) is 12.1 Å². The Hall–Kier alpha value is -1.10. The highest BCUT2D eigenvalue weighted by Gasteiger charge is 2.18. The first kappa shape index (κ1) is 13.9. The predicted octanol–water partition coefficient (Wildman–Crippen LogP) is 3.44. The number of rotatable bonds is 4. The van der Waals surface area contributed by atoms with Crippen LogP contribution in [0.15, 0.2) is 18.2 Å². The van der Waals surface area contributed by atoms with Crippen molar-refractivity contribution in [3.63, 3.8) is 0 Å². The van der Waals surface area contributed by atoms with Gasteiger partial charge in [-0.3, -0.25) is 0 Å². The van der Waals surface area contributed by atoms with E-state index in [1.54, 1.807) is 6.07 Å². The second-order valence-corrected chi connectivity index (χ2v) is 5.43. The minimum absolute atomic E-state index is 0.226. The first-order chi connectivity index (χ1) is 9.78. The van der Waals surface area contributed by atoms with Gasteiger partial charge < -0.3 is 9.47 Å². The number of ether oxygens (including phenoxy) is 2. The van der Waals surface area contributed by atoms with E-state index in [9.17, 15) is 0 Å². The van der Waals surface area contributed by atoms with Crippen molar-refractivity contribution in [2.75, 3.05) is 19.8 Å². The highest BCUT2D eigenvalue weighted by Crippen LogP contribution is 2.29. The molecule has 4 nitrogen and oxygen atoms in total. The Morgan fingerprint density at radius 2 is 2.25 bits per heavy atom. The van der Waals surface area contributed by atoms with Gasteiger partial charge in [-0.15, -0.1) is 11.6 Å². The van der Waals surface area contributed by atoms with E-state index < -0.39 is 0 Å². The average molecular weight is 313 g/mol. The lowest BCUT2D eigenvalue weighted by atomic mass is 10.1. The van der Waals surface area contributed by atoms with Gasteiger partial charge in [0.1, 0.15) is 5.82 Å². The van der Waals surface area contributed by atoms with Gasteiger partial charge in [0.2, 0.25) is 5.88 Å². The van der Waals surface area contributed by atoms with Gasteiger partial charge >= 0.3 is 0 Å². The maximum Gasteiger partial charge on any atom is 0.224 e. The average Bonchev–Trinajstić information content (AvgIpc) is 2.98. The third-order valence-corrected chi connectivity index (χ3v) is 3.83. The van der Waals surface area contributed by atoms with Gasteiger partial charge in [-0.2, -0.15) is 4.98 Å². The Morgan fingerprint density at radius 3 is 3.00 bits per heavy atom. The topological polar surface area (TPSA) is 44.2 Å². The Labute approximate surface area is 127 Å². The molecule has 1 fully saturated rings. The molecule has 3 rings (SSSR count). The van der Waals surface area contributed by atoms with Crippen LogP contribution in [0.3, 0.4) is 0 Å². The first-order valence-electron chi connectivity index (χ1n) is 6.49. The van der Waals surface area contributed by atoms with Crippen molar-refractivity contribution in [3.05, 3.63) is 29.0 Å². The van der Waals surface area contributed by atoms with Gasteiger partial charge in [-0.25, -0.2) is 4.98 Å². The van der Waals surface area contributed by atoms with E-state index in [4.69, 9.17) is 32.7 Å². The fourth-order valence-electron chi connectivity index (χ4n) is 2.21. The lowest BCUT2D eigenvalue weighted by Crippen LogP contribution is -2.13. The summed E-state index contributed by atoms with van der Waals surface area (Å²) in [7, 11) is 0. The van der Waals surface area contributed by atoms with Crippen LogP contribution in [0.4, 0.5) is 0 Å². The van der Waals surface area contributed by atoms with Crippen LogP contribution in [-0.2, 0) is 10.6 Å². The molecule has 2 heterocycles. The van der Waals surface area contributed by atoms with Crippen molar-refractivity contribution in [1.29, 1.82) is 0 Å². The molecule has 0 N–H and O–H groups in total. The van der Waals surface area contributed by atoms with Crippen molar-refractivity contribution < 1.29 is 9.47 Å². The fraction of sp³-hybridized carbons (Fsp3) is 0.429. The summed E-state index contributed by atoms with van der Waals surface area (Å²) in [6, 6.07) is 5.56. The van der Waals surface area contributed by atoms with E-state index in [-0.39, 0.29) is 5.88 Å². The molecule has 1 saturated heterocycles. The molecule has 6 heteroatoms. The number of aromatic nitrogens is 2. The zero-order chi connectivity index (χ0) is 13.9. The second-order valence-electron chi connectivity index (χ2n) is 4.76. The van der Waals surface area contributed by atoms with Crippen molar-refractivity contribution in [1.82, 2.24) is 9.97 Å². The molecule has 1 unspecified atom stereocenters. The maximum absolute atomic E-state index is 6.18. The summed E-state index contributed by atoms with van der Waals surface area (Å²) in [5.74, 6) is 1.70. The Bertz CT molecular complexity index is 615. The molecule has 2 aromatic rings. The third-order valence-electron chi connectivity index (χ3n) is 3.29. The number of hydrogen-bond acceptors (Lipinski definition) is 4. The van der Waals surface area contributed by atoms with Gasteiger partial charge in [0.25, 0.3) is 0 Å². The monoisotopic (exact) mass is 312 g/mol. The molecule has 0 aliphatic carbocycles. The predicted molar refractivity (Wildman–Crippen MR) is 78.5 cm³/mol. The molecular weight excluding hydrogens is 299 g/mol. The molecule has 1 aliphatic heterocycles. The third kappa shape index (κ3) is 2.82. The SMILES string of the molecule is ClCc1nc(OCC2CCOC2)c2cccc(Cl)c2n1. The van der Waals surface area contributed by atoms with Crippen LogP contribution in [-0.4, -0.2) is 29.8 Å². The quantitative estimate of drug-likeness (QED) is 0.811. The molecule has 20 heavy (non-hydrogen) atoms. The minimum Gasteiger partial charge on any atom is -0.477 e. The zero-order valence-electron chi connectivity index (χ0n) is 10.8. The highest BCUT2D eigenvalue weighted by molar-refractivity contribution is 6.35. The molecule has 0 amide bonds. The molecule has 0 bridgehead atoms.